The summed E-state index contributed by atoms with van der Waals surface area (Å²) in [6.07, 6.45) is 0. The van der Waals surface area contributed by atoms with Gasteiger partial charge in [-0.15, -0.1) is 0 Å². The molecule has 0 aliphatic carbocycles. The first-order valence-corrected chi connectivity index (χ1v) is 9.12. The minimum absolute atomic E-state index is 0.272. The third kappa shape index (κ3) is 3.89. The summed E-state index contributed by atoms with van der Waals surface area (Å²) in [6, 6.07) is 19.5. The van der Waals surface area contributed by atoms with E-state index < -0.39 is 5.97 Å². The number of esters is 1. The summed E-state index contributed by atoms with van der Waals surface area (Å²) in [4.78, 5) is 30.6. The number of fused-ring (bicyclic) bond motifs is 1. The third-order valence-electron chi connectivity index (χ3n) is 4.54. The van der Waals surface area contributed by atoms with Crippen LogP contribution in [-0.4, -0.2) is 37.2 Å². The zero-order valence-corrected chi connectivity index (χ0v) is 15.8. The molecule has 1 aliphatic heterocycles. The van der Waals surface area contributed by atoms with Crippen LogP contribution in [0.1, 0.15) is 10.4 Å². The fraction of sp³-hybridized carbons (Fsp3) is 0.136. The number of aromatic nitrogens is 1. The number of hydrogen-bond acceptors (Lipinski definition) is 5. The van der Waals surface area contributed by atoms with Crippen molar-refractivity contribution in [1.29, 1.82) is 0 Å². The van der Waals surface area contributed by atoms with Crippen molar-refractivity contribution >= 4 is 23.5 Å². The quantitative estimate of drug-likeness (QED) is 0.686. The van der Waals surface area contributed by atoms with Gasteiger partial charge in [-0.25, -0.2) is 14.6 Å². The average molecular weight is 389 g/mol. The number of nitrogens with one attached hydrogen (secondary N) is 1. The van der Waals surface area contributed by atoms with Gasteiger partial charge in [0.25, 0.3) is 0 Å². The molecule has 4 rings (SSSR count). The highest BCUT2D eigenvalue weighted by molar-refractivity contribution is 6.02. The van der Waals surface area contributed by atoms with Gasteiger partial charge in [0.1, 0.15) is 6.61 Å². The highest BCUT2D eigenvalue weighted by atomic mass is 16.5. The Kier molecular flexibility index (Phi) is 5.11. The average Bonchev–Trinajstić information content (AvgIpc) is 2.78. The molecule has 0 fully saturated rings. The summed E-state index contributed by atoms with van der Waals surface area (Å²) >= 11 is 0. The Morgan fingerprint density at radius 1 is 1.03 bits per heavy atom. The lowest BCUT2D eigenvalue weighted by atomic mass is 10.1. The smallest absolute Gasteiger partial charge is 0.337 e. The molecule has 0 saturated heterocycles. The second kappa shape index (κ2) is 8.02. The third-order valence-corrected chi connectivity index (χ3v) is 4.54. The zero-order valence-electron chi connectivity index (χ0n) is 15.8. The normalized spacial score (nSPS) is 12.5. The van der Waals surface area contributed by atoms with E-state index in [0.29, 0.717) is 41.7 Å². The van der Waals surface area contributed by atoms with Crippen LogP contribution in [0.2, 0.25) is 0 Å². The Morgan fingerprint density at radius 2 is 1.79 bits per heavy atom. The first-order valence-electron chi connectivity index (χ1n) is 9.12. The number of urea groups is 1. The van der Waals surface area contributed by atoms with E-state index in [0.717, 1.165) is 5.56 Å². The minimum Gasteiger partial charge on any atom is -0.488 e. The molecule has 1 aromatic heterocycles. The van der Waals surface area contributed by atoms with Gasteiger partial charge >= 0.3 is 12.0 Å². The van der Waals surface area contributed by atoms with Crippen LogP contribution < -0.4 is 15.0 Å². The van der Waals surface area contributed by atoms with E-state index in [2.05, 4.69) is 10.3 Å². The van der Waals surface area contributed by atoms with E-state index in [4.69, 9.17) is 9.47 Å². The number of methoxy groups -OCH3 is 1. The van der Waals surface area contributed by atoms with E-state index >= 15 is 0 Å². The van der Waals surface area contributed by atoms with Crippen LogP contribution >= 0.6 is 0 Å². The lowest BCUT2D eigenvalue weighted by molar-refractivity contribution is 0.0600. The predicted molar refractivity (Wildman–Crippen MR) is 109 cm³/mol. The molecule has 0 atom stereocenters. The molecular weight excluding hydrogens is 370 g/mol. The van der Waals surface area contributed by atoms with Crippen molar-refractivity contribution < 1.29 is 19.1 Å². The summed E-state index contributed by atoms with van der Waals surface area (Å²) in [5.74, 6) is 0.612. The molecule has 3 aromatic rings. The number of para-hydroxylation sites is 1. The monoisotopic (exact) mass is 389 g/mol. The maximum atomic E-state index is 12.8. The Bertz CT molecular complexity index is 1040. The van der Waals surface area contributed by atoms with E-state index in [-0.39, 0.29) is 6.03 Å². The Hall–Kier alpha value is -3.87. The van der Waals surface area contributed by atoms with Gasteiger partial charge < -0.3 is 14.8 Å². The Labute approximate surface area is 167 Å². The molecule has 146 valence electrons. The number of rotatable bonds is 3. The van der Waals surface area contributed by atoms with Crippen molar-refractivity contribution in [3.63, 3.8) is 0 Å². The predicted octanol–water partition coefficient (Wildman–Crippen LogP) is 3.97. The molecule has 2 aromatic carbocycles. The van der Waals surface area contributed by atoms with E-state index in [9.17, 15) is 9.59 Å². The van der Waals surface area contributed by atoms with Gasteiger partial charge in [0, 0.05) is 11.3 Å². The van der Waals surface area contributed by atoms with Crippen LogP contribution in [0.25, 0.3) is 11.3 Å². The van der Waals surface area contributed by atoms with Crippen LogP contribution in [0.15, 0.2) is 66.7 Å². The second-order valence-corrected chi connectivity index (χ2v) is 6.38. The van der Waals surface area contributed by atoms with Crippen LogP contribution in [-0.2, 0) is 4.74 Å². The molecule has 1 aliphatic rings. The lowest BCUT2D eigenvalue weighted by Gasteiger charge is -2.28. The number of nitrogens with zero attached hydrogens (tertiary/aromatic N) is 2. The number of benzene rings is 2. The summed E-state index contributed by atoms with van der Waals surface area (Å²) in [5.41, 5.74) is 2.65. The molecule has 0 unspecified atom stereocenters. The SMILES string of the molecule is COC(=O)c1ccc(-c2ccc3c(n2)N(C(=O)Nc2ccccc2)CCO3)cc1. The van der Waals surface area contributed by atoms with Gasteiger partial charge in [-0.3, -0.25) is 4.90 Å². The lowest BCUT2D eigenvalue weighted by Crippen LogP contribution is -2.41. The number of anilines is 2. The molecule has 2 amide bonds. The molecule has 0 saturated carbocycles. The summed E-state index contributed by atoms with van der Waals surface area (Å²) < 4.78 is 10.4. The molecule has 2 heterocycles. The van der Waals surface area contributed by atoms with Crippen LogP contribution in [0.4, 0.5) is 16.3 Å². The van der Waals surface area contributed by atoms with Crippen molar-refractivity contribution in [3.8, 4) is 17.0 Å². The van der Waals surface area contributed by atoms with Crippen molar-refractivity contribution in [2.45, 2.75) is 0 Å². The molecule has 0 spiro atoms. The largest absolute Gasteiger partial charge is 0.488 e. The van der Waals surface area contributed by atoms with Gasteiger partial charge in [0.2, 0.25) is 0 Å². The van der Waals surface area contributed by atoms with E-state index in [1.807, 2.05) is 36.4 Å². The first kappa shape index (κ1) is 18.5. The minimum atomic E-state index is -0.396. The van der Waals surface area contributed by atoms with E-state index in [1.54, 1.807) is 35.2 Å². The van der Waals surface area contributed by atoms with Gasteiger partial charge in [0.05, 0.1) is 24.9 Å². The van der Waals surface area contributed by atoms with Crippen molar-refractivity contribution in [2.24, 2.45) is 0 Å². The summed E-state index contributed by atoms with van der Waals surface area (Å²) in [7, 11) is 1.34. The van der Waals surface area contributed by atoms with Gasteiger partial charge in [-0.2, -0.15) is 0 Å². The van der Waals surface area contributed by atoms with Crippen molar-refractivity contribution in [1.82, 2.24) is 4.98 Å². The maximum Gasteiger partial charge on any atom is 0.337 e. The fourth-order valence-electron chi connectivity index (χ4n) is 3.06. The number of carbonyl (C=O) groups is 2. The van der Waals surface area contributed by atoms with Crippen molar-refractivity contribution in [3.05, 3.63) is 72.3 Å². The number of hydrogen-bond donors (Lipinski definition) is 1. The Balaban J connectivity index is 1.61. The summed E-state index contributed by atoms with van der Waals surface area (Å²) in [5, 5.41) is 2.88. The standard InChI is InChI=1S/C22H19N3O4/c1-28-21(26)16-9-7-15(8-10-16)18-11-12-19-20(24-18)25(13-14-29-19)22(27)23-17-5-3-2-4-6-17/h2-12H,13-14H2,1H3,(H,23,27). The van der Waals surface area contributed by atoms with Crippen molar-refractivity contribution in [2.75, 3.05) is 30.5 Å². The molecule has 0 radical (unpaired) electrons. The first-order chi connectivity index (χ1) is 14.2. The number of amides is 2. The van der Waals surface area contributed by atoms with Crippen LogP contribution in [0.3, 0.4) is 0 Å². The molecule has 1 N–H and O–H groups in total. The number of carbonyl (C=O) groups excluding carboxylic acids is 2. The maximum absolute atomic E-state index is 12.8. The molecule has 7 heteroatoms. The van der Waals surface area contributed by atoms with Gasteiger partial charge in [-0.1, -0.05) is 30.3 Å². The molecule has 7 nitrogen and oxygen atoms in total. The topological polar surface area (TPSA) is 80.8 Å². The summed E-state index contributed by atoms with van der Waals surface area (Å²) in [6.45, 7) is 0.785. The van der Waals surface area contributed by atoms with E-state index in [1.165, 1.54) is 7.11 Å². The molecule has 0 bridgehead atoms. The molecular formula is C22H19N3O4. The van der Waals surface area contributed by atoms with Gasteiger partial charge in [-0.05, 0) is 36.4 Å². The highest BCUT2D eigenvalue weighted by Gasteiger charge is 2.26. The zero-order chi connectivity index (χ0) is 20.2. The number of pyridine rings is 1. The number of ether oxygens (including phenoxy) is 2. The van der Waals surface area contributed by atoms with Crippen LogP contribution in [0, 0.1) is 0 Å². The fourth-order valence-corrected chi connectivity index (χ4v) is 3.06. The van der Waals surface area contributed by atoms with Gasteiger partial charge in [0.15, 0.2) is 11.6 Å². The second-order valence-electron chi connectivity index (χ2n) is 6.38. The Morgan fingerprint density at radius 3 is 2.52 bits per heavy atom. The highest BCUT2D eigenvalue weighted by Crippen LogP contribution is 2.33. The van der Waals surface area contributed by atoms with Crippen LogP contribution in [0.5, 0.6) is 5.75 Å². The molecule has 29 heavy (non-hydrogen) atoms.